The molecule has 0 fully saturated rings. The molecule has 1 N–H and O–H groups in total. The number of hydrogen-bond donors (Lipinski definition) is 1. The average Bonchev–Trinajstić information content (AvgIpc) is 3.34. The van der Waals surface area contributed by atoms with Crippen molar-refractivity contribution in [2.75, 3.05) is 24.0 Å². The molecule has 0 atom stereocenters. The normalized spacial score (nSPS) is 13.4. The number of hydrogen-bond acceptors (Lipinski definition) is 5. The molecule has 0 spiro atoms. The molecule has 1 aromatic heterocycles. The summed E-state index contributed by atoms with van der Waals surface area (Å²) in [6.45, 7) is 1.64. The number of nitrogens with one attached hydrogen (secondary N) is 1. The SMILES string of the molecule is O=C(COc1ccc(S(=O)(=O)N2CCCc3ccccc32)cc1)NCCCn1ccnc1. The van der Waals surface area contributed by atoms with Crippen LogP contribution in [0.3, 0.4) is 0 Å². The molecule has 2 heterocycles. The molecule has 0 aliphatic carbocycles. The molecular weight excluding hydrogens is 428 g/mol. The predicted molar refractivity (Wildman–Crippen MR) is 121 cm³/mol. The van der Waals surface area contributed by atoms with E-state index in [0.29, 0.717) is 18.8 Å². The average molecular weight is 455 g/mol. The van der Waals surface area contributed by atoms with Gasteiger partial charge in [0.25, 0.3) is 15.9 Å². The van der Waals surface area contributed by atoms with Gasteiger partial charge in [-0.1, -0.05) is 18.2 Å². The highest BCUT2D eigenvalue weighted by Crippen LogP contribution is 2.32. The Morgan fingerprint density at radius 1 is 1.12 bits per heavy atom. The molecule has 1 aliphatic rings. The van der Waals surface area contributed by atoms with Crippen molar-refractivity contribution in [2.45, 2.75) is 30.7 Å². The van der Waals surface area contributed by atoms with Crippen molar-refractivity contribution in [3.8, 4) is 5.75 Å². The number of anilines is 1. The summed E-state index contributed by atoms with van der Waals surface area (Å²) in [7, 11) is -3.67. The van der Waals surface area contributed by atoms with Crippen LogP contribution in [0.1, 0.15) is 18.4 Å². The van der Waals surface area contributed by atoms with Crippen LogP contribution in [0.4, 0.5) is 5.69 Å². The summed E-state index contributed by atoms with van der Waals surface area (Å²) in [6.07, 6.45) is 7.77. The van der Waals surface area contributed by atoms with E-state index in [4.69, 9.17) is 4.74 Å². The van der Waals surface area contributed by atoms with Crippen LogP contribution in [-0.4, -0.2) is 43.6 Å². The minimum absolute atomic E-state index is 0.128. The van der Waals surface area contributed by atoms with Crippen LogP contribution in [0.2, 0.25) is 0 Å². The maximum atomic E-state index is 13.2. The number of carbonyl (C=O) groups is 1. The van der Waals surface area contributed by atoms with E-state index < -0.39 is 10.0 Å². The number of carbonyl (C=O) groups excluding carboxylic acids is 1. The lowest BCUT2D eigenvalue weighted by molar-refractivity contribution is -0.123. The third-order valence-electron chi connectivity index (χ3n) is 5.32. The monoisotopic (exact) mass is 454 g/mol. The Bertz CT molecular complexity index is 1150. The van der Waals surface area contributed by atoms with Crippen molar-refractivity contribution >= 4 is 21.6 Å². The Labute approximate surface area is 187 Å². The summed E-state index contributed by atoms with van der Waals surface area (Å²) in [5.74, 6) is 0.216. The minimum Gasteiger partial charge on any atom is -0.484 e. The Balaban J connectivity index is 1.30. The molecule has 0 bridgehead atoms. The van der Waals surface area contributed by atoms with Gasteiger partial charge in [0.2, 0.25) is 0 Å². The number of aryl methyl sites for hydroxylation is 2. The maximum absolute atomic E-state index is 13.2. The Kier molecular flexibility index (Phi) is 6.75. The molecule has 9 heteroatoms. The third kappa shape index (κ3) is 5.11. The Morgan fingerprint density at radius 2 is 1.94 bits per heavy atom. The highest BCUT2D eigenvalue weighted by Gasteiger charge is 2.28. The van der Waals surface area contributed by atoms with Gasteiger partial charge >= 0.3 is 0 Å². The van der Waals surface area contributed by atoms with Crippen LogP contribution >= 0.6 is 0 Å². The summed E-state index contributed by atoms with van der Waals surface area (Å²) < 4.78 is 35.3. The number of sulfonamides is 1. The Morgan fingerprint density at radius 3 is 2.72 bits per heavy atom. The Hall–Kier alpha value is -3.33. The fraction of sp³-hybridized carbons (Fsp3) is 0.304. The lowest BCUT2D eigenvalue weighted by Gasteiger charge is -2.30. The predicted octanol–water partition coefficient (Wildman–Crippen LogP) is 2.61. The van der Waals surface area contributed by atoms with E-state index in [1.54, 1.807) is 24.7 Å². The summed E-state index contributed by atoms with van der Waals surface area (Å²) >= 11 is 0. The summed E-state index contributed by atoms with van der Waals surface area (Å²) in [5, 5.41) is 2.80. The second-order valence-electron chi connectivity index (χ2n) is 7.57. The van der Waals surface area contributed by atoms with Gasteiger partial charge in [-0.2, -0.15) is 0 Å². The molecule has 3 aromatic rings. The zero-order valence-corrected chi connectivity index (χ0v) is 18.5. The second kappa shape index (κ2) is 9.86. The largest absolute Gasteiger partial charge is 0.484 e. The lowest BCUT2D eigenvalue weighted by atomic mass is 10.0. The van der Waals surface area contributed by atoms with Crippen LogP contribution in [-0.2, 0) is 27.8 Å². The van der Waals surface area contributed by atoms with Crippen molar-refractivity contribution in [3.63, 3.8) is 0 Å². The molecule has 32 heavy (non-hydrogen) atoms. The van der Waals surface area contributed by atoms with Crippen LogP contribution in [0.15, 0.2) is 72.1 Å². The second-order valence-corrected chi connectivity index (χ2v) is 9.44. The third-order valence-corrected chi connectivity index (χ3v) is 7.15. The topological polar surface area (TPSA) is 93.5 Å². The number of rotatable bonds is 9. The fourth-order valence-corrected chi connectivity index (χ4v) is 5.23. The molecule has 168 valence electrons. The number of nitrogens with zero attached hydrogens (tertiary/aromatic N) is 3. The quantitative estimate of drug-likeness (QED) is 0.502. The smallest absolute Gasteiger partial charge is 0.264 e. The maximum Gasteiger partial charge on any atom is 0.264 e. The van der Waals surface area contributed by atoms with Crippen molar-refractivity contribution in [2.24, 2.45) is 0 Å². The van der Waals surface area contributed by atoms with E-state index in [0.717, 1.165) is 37.1 Å². The summed E-state index contributed by atoms with van der Waals surface area (Å²) in [5.41, 5.74) is 1.78. The van der Waals surface area contributed by atoms with Gasteiger partial charge in [-0.3, -0.25) is 9.10 Å². The highest BCUT2D eigenvalue weighted by molar-refractivity contribution is 7.92. The molecule has 0 unspecified atom stereocenters. The van der Waals surface area contributed by atoms with Gasteiger partial charge in [0.15, 0.2) is 6.61 Å². The standard InChI is InChI=1S/C23H26N4O4S/c28-23(25-12-4-14-26-16-13-24-18-26)17-31-20-8-10-21(11-9-20)32(29,30)27-15-3-6-19-5-1-2-7-22(19)27/h1-2,5,7-11,13,16,18H,3-4,6,12,14-15,17H2,(H,25,28). The number of ether oxygens (including phenoxy) is 1. The number of fused-ring (bicyclic) bond motifs is 1. The van der Waals surface area contributed by atoms with Crippen LogP contribution < -0.4 is 14.4 Å². The van der Waals surface area contributed by atoms with Crippen molar-refractivity contribution in [1.29, 1.82) is 0 Å². The van der Waals surface area contributed by atoms with Crippen molar-refractivity contribution < 1.29 is 17.9 Å². The van der Waals surface area contributed by atoms with Gasteiger partial charge in [0, 0.05) is 32.0 Å². The van der Waals surface area contributed by atoms with Gasteiger partial charge in [-0.25, -0.2) is 13.4 Å². The zero-order chi connectivity index (χ0) is 22.4. The van der Waals surface area contributed by atoms with E-state index in [1.807, 2.05) is 35.0 Å². The van der Waals surface area contributed by atoms with Gasteiger partial charge in [-0.15, -0.1) is 0 Å². The van der Waals surface area contributed by atoms with E-state index in [2.05, 4.69) is 10.3 Å². The first kappa shape index (κ1) is 21.9. The fourth-order valence-electron chi connectivity index (χ4n) is 3.69. The van der Waals surface area contributed by atoms with E-state index in [9.17, 15) is 13.2 Å². The molecule has 0 radical (unpaired) electrons. The first-order valence-corrected chi connectivity index (χ1v) is 12.0. The highest BCUT2D eigenvalue weighted by atomic mass is 32.2. The van der Waals surface area contributed by atoms with E-state index in [-0.39, 0.29) is 17.4 Å². The number of benzene rings is 2. The van der Waals surface area contributed by atoms with Gasteiger partial charge in [0.1, 0.15) is 5.75 Å². The van der Waals surface area contributed by atoms with Gasteiger partial charge < -0.3 is 14.6 Å². The van der Waals surface area contributed by atoms with Gasteiger partial charge in [0.05, 0.1) is 16.9 Å². The van der Waals surface area contributed by atoms with E-state index >= 15 is 0 Å². The number of para-hydroxylation sites is 1. The van der Waals surface area contributed by atoms with Gasteiger partial charge in [-0.05, 0) is 55.2 Å². The van der Waals surface area contributed by atoms with Crippen LogP contribution in [0.5, 0.6) is 5.75 Å². The molecule has 1 aliphatic heterocycles. The first-order chi connectivity index (χ1) is 15.5. The van der Waals surface area contributed by atoms with Crippen LogP contribution in [0.25, 0.3) is 0 Å². The number of amides is 1. The summed E-state index contributed by atoms with van der Waals surface area (Å²) in [4.78, 5) is 16.1. The molecule has 8 nitrogen and oxygen atoms in total. The number of aromatic nitrogens is 2. The lowest BCUT2D eigenvalue weighted by Crippen LogP contribution is -2.35. The van der Waals surface area contributed by atoms with Crippen LogP contribution in [0, 0.1) is 0 Å². The molecule has 4 rings (SSSR count). The van der Waals surface area contributed by atoms with E-state index in [1.165, 1.54) is 16.4 Å². The van der Waals surface area contributed by atoms with Crippen molar-refractivity contribution in [3.05, 3.63) is 72.8 Å². The number of imidazole rings is 1. The molecular formula is C23H26N4O4S. The molecule has 0 saturated heterocycles. The molecule has 1 amide bonds. The minimum atomic E-state index is -3.67. The first-order valence-electron chi connectivity index (χ1n) is 10.6. The molecule has 0 saturated carbocycles. The molecule has 2 aromatic carbocycles. The van der Waals surface area contributed by atoms with Crippen molar-refractivity contribution in [1.82, 2.24) is 14.9 Å². The zero-order valence-electron chi connectivity index (χ0n) is 17.7. The summed E-state index contributed by atoms with van der Waals surface area (Å²) in [6, 6.07) is 13.8.